The second-order valence-corrected chi connectivity index (χ2v) is 10.5. The molecule has 0 bridgehead atoms. The lowest BCUT2D eigenvalue weighted by Crippen LogP contribution is -2.34. The fourth-order valence-corrected chi connectivity index (χ4v) is 5.19. The van der Waals surface area contributed by atoms with E-state index in [1.807, 2.05) is 13.8 Å². The number of hydrogen-bond acceptors (Lipinski definition) is 6. The summed E-state index contributed by atoms with van der Waals surface area (Å²) in [6.45, 7) is 4.59. The van der Waals surface area contributed by atoms with Gasteiger partial charge in [0.05, 0.1) is 31.9 Å². The molecule has 172 valence electrons. The van der Waals surface area contributed by atoms with Crippen molar-refractivity contribution >= 4 is 27.3 Å². The van der Waals surface area contributed by atoms with E-state index in [0.717, 1.165) is 24.1 Å². The molecule has 1 aliphatic heterocycles. The number of nitrogens with zero attached hydrogens (tertiary/aromatic N) is 1. The molecule has 32 heavy (non-hydrogen) atoms. The molecule has 0 aromatic heterocycles. The van der Waals surface area contributed by atoms with Crippen molar-refractivity contribution in [2.75, 3.05) is 37.5 Å². The van der Waals surface area contributed by atoms with Gasteiger partial charge in [-0.2, -0.15) is 0 Å². The zero-order valence-electron chi connectivity index (χ0n) is 18.9. The molecule has 1 amide bonds. The molecule has 2 aromatic rings. The molecule has 8 nitrogen and oxygen atoms in total. The van der Waals surface area contributed by atoms with Gasteiger partial charge in [0, 0.05) is 35.7 Å². The van der Waals surface area contributed by atoms with E-state index in [9.17, 15) is 13.2 Å². The Morgan fingerprint density at radius 3 is 2.19 bits per heavy atom. The van der Waals surface area contributed by atoms with Crippen molar-refractivity contribution in [2.45, 2.75) is 37.0 Å². The molecule has 2 aromatic carbocycles. The Bertz CT molecular complexity index is 1150. The molecule has 0 spiro atoms. The minimum absolute atomic E-state index is 0.0989. The van der Waals surface area contributed by atoms with Crippen LogP contribution in [-0.2, 0) is 20.2 Å². The fourth-order valence-electron chi connectivity index (χ4n) is 4.13. The van der Waals surface area contributed by atoms with E-state index in [2.05, 4.69) is 4.72 Å². The standard InChI is InChI=1S/C23H28N2O6S/c1-23(2)13-25(22(26)14-6-7-14)18-9-8-16(12-17(18)23)32(27,28)24-15-10-19(29-3)21(31-5)20(11-15)30-4/h8-12,14,24H,6-7,13H2,1-5H3. The average molecular weight is 461 g/mol. The second kappa shape index (κ2) is 7.88. The smallest absolute Gasteiger partial charge is 0.261 e. The van der Waals surface area contributed by atoms with Crippen LogP contribution in [0.4, 0.5) is 11.4 Å². The molecule has 1 aliphatic carbocycles. The van der Waals surface area contributed by atoms with Gasteiger partial charge in [0.2, 0.25) is 11.7 Å². The third-order valence-corrected chi connectivity index (χ3v) is 7.34. The Hall–Kier alpha value is -2.94. The van der Waals surface area contributed by atoms with Crippen LogP contribution in [0.5, 0.6) is 17.2 Å². The zero-order chi connectivity index (χ0) is 23.3. The van der Waals surface area contributed by atoms with Crippen LogP contribution in [0.1, 0.15) is 32.3 Å². The first-order chi connectivity index (χ1) is 15.1. The Morgan fingerprint density at radius 1 is 1.03 bits per heavy atom. The quantitative estimate of drug-likeness (QED) is 0.679. The minimum atomic E-state index is -3.90. The summed E-state index contributed by atoms with van der Waals surface area (Å²) in [5.74, 6) is 1.28. The third kappa shape index (κ3) is 3.85. The normalized spacial score (nSPS) is 17.0. The number of rotatable bonds is 7. The molecule has 1 saturated carbocycles. The summed E-state index contributed by atoms with van der Waals surface area (Å²) in [6, 6.07) is 8.00. The molecule has 0 radical (unpaired) electrons. The Balaban J connectivity index is 1.68. The maximum absolute atomic E-state index is 13.2. The Labute approximate surface area is 188 Å². The molecule has 1 heterocycles. The van der Waals surface area contributed by atoms with Gasteiger partial charge >= 0.3 is 0 Å². The van der Waals surface area contributed by atoms with Crippen LogP contribution < -0.4 is 23.8 Å². The van der Waals surface area contributed by atoms with Crippen LogP contribution in [0, 0.1) is 5.92 Å². The number of amides is 1. The maximum Gasteiger partial charge on any atom is 0.261 e. The number of nitrogens with one attached hydrogen (secondary N) is 1. The summed E-state index contributed by atoms with van der Waals surface area (Å²) in [7, 11) is 0.508. The minimum Gasteiger partial charge on any atom is -0.493 e. The fraction of sp³-hybridized carbons (Fsp3) is 0.435. The van der Waals surface area contributed by atoms with Crippen LogP contribution in [0.3, 0.4) is 0 Å². The number of hydrogen-bond donors (Lipinski definition) is 1. The van der Waals surface area contributed by atoms with Crippen LogP contribution in [0.15, 0.2) is 35.2 Å². The van der Waals surface area contributed by atoms with E-state index in [-0.39, 0.29) is 27.8 Å². The lowest BCUT2D eigenvalue weighted by atomic mass is 9.87. The summed E-state index contributed by atoms with van der Waals surface area (Å²) in [4.78, 5) is 14.6. The lowest BCUT2D eigenvalue weighted by molar-refractivity contribution is -0.119. The van der Waals surface area contributed by atoms with Crippen LogP contribution >= 0.6 is 0 Å². The van der Waals surface area contributed by atoms with Crippen molar-refractivity contribution in [2.24, 2.45) is 5.92 Å². The first kappa shape index (κ1) is 22.3. The van der Waals surface area contributed by atoms with E-state index < -0.39 is 10.0 Å². The summed E-state index contributed by atoms with van der Waals surface area (Å²) >= 11 is 0. The predicted molar refractivity (Wildman–Crippen MR) is 121 cm³/mol. The molecule has 1 N–H and O–H groups in total. The number of sulfonamides is 1. The van der Waals surface area contributed by atoms with Crippen molar-refractivity contribution in [3.8, 4) is 17.2 Å². The first-order valence-corrected chi connectivity index (χ1v) is 11.9. The van der Waals surface area contributed by atoms with E-state index in [0.29, 0.717) is 23.8 Å². The SMILES string of the molecule is COc1cc(NS(=O)(=O)c2ccc3c(c2)C(C)(C)CN3C(=O)C2CC2)cc(OC)c1OC. The Morgan fingerprint density at radius 2 is 1.66 bits per heavy atom. The van der Waals surface area contributed by atoms with Gasteiger partial charge < -0.3 is 19.1 Å². The van der Waals surface area contributed by atoms with Gasteiger partial charge in [-0.15, -0.1) is 0 Å². The number of anilines is 2. The summed E-state index contributed by atoms with van der Waals surface area (Å²) in [6.07, 6.45) is 1.85. The summed E-state index contributed by atoms with van der Waals surface area (Å²) < 4.78 is 44.9. The number of fused-ring (bicyclic) bond motifs is 1. The number of carbonyl (C=O) groups excluding carboxylic acids is 1. The molecule has 2 aliphatic rings. The molecule has 9 heteroatoms. The van der Waals surface area contributed by atoms with Gasteiger partial charge in [-0.25, -0.2) is 8.42 Å². The van der Waals surface area contributed by atoms with Crippen molar-refractivity contribution in [1.29, 1.82) is 0 Å². The highest BCUT2D eigenvalue weighted by atomic mass is 32.2. The molecule has 0 atom stereocenters. The van der Waals surface area contributed by atoms with Crippen molar-refractivity contribution < 1.29 is 27.4 Å². The average Bonchev–Trinajstić information content (AvgIpc) is 3.57. The lowest BCUT2D eigenvalue weighted by Gasteiger charge is -2.20. The third-order valence-electron chi connectivity index (χ3n) is 5.96. The molecule has 1 fully saturated rings. The summed E-state index contributed by atoms with van der Waals surface area (Å²) in [5.41, 5.74) is 1.57. The maximum atomic E-state index is 13.2. The van der Waals surface area contributed by atoms with E-state index >= 15 is 0 Å². The summed E-state index contributed by atoms with van der Waals surface area (Å²) in [5, 5.41) is 0. The van der Waals surface area contributed by atoms with Gasteiger partial charge in [0.25, 0.3) is 10.0 Å². The van der Waals surface area contributed by atoms with Crippen molar-refractivity contribution in [3.05, 3.63) is 35.9 Å². The van der Waals surface area contributed by atoms with Gasteiger partial charge in [-0.3, -0.25) is 9.52 Å². The van der Waals surface area contributed by atoms with Crippen molar-refractivity contribution in [1.82, 2.24) is 0 Å². The molecule has 0 saturated heterocycles. The first-order valence-electron chi connectivity index (χ1n) is 10.4. The zero-order valence-corrected chi connectivity index (χ0v) is 19.7. The Kier molecular flexibility index (Phi) is 5.48. The molecular formula is C23H28N2O6S. The van der Waals surface area contributed by atoms with E-state index in [1.54, 1.807) is 17.0 Å². The highest BCUT2D eigenvalue weighted by Crippen LogP contribution is 2.45. The number of carbonyl (C=O) groups is 1. The number of methoxy groups -OCH3 is 3. The van der Waals surface area contributed by atoms with Gasteiger partial charge in [0.15, 0.2) is 11.5 Å². The topological polar surface area (TPSA) is 94.2 Å². The molecular weight excluding hydrogens is 432 g/mol. The van der Waals surface area contributed by atoms with Gasteiger partial charge in [-0.1, -0.05) is 13.8 Å². The largest absolute Gasteiger partial charge is 0.493 e. The van der Waals surface area contributed by atoms with Gasteiger partial charge in [-0.05, 0) is 36.6 Å². The number of benzene rings is 2. The van der Waals surface area contributed by atoms with Crippen LogP contribution in [0.25, 0.3) is 0 Å². The second-order valence-electron chi connectivity index (χ2n) is 8.78. The van der Waals surface area contributed by atoms with Crippen molar-refractivity contribution in [3.63, 3.8) is 0 Å². The number of ether oxygens (including phenoxy) is 3. The van der Waals surface area contributed by atoms with Crippen LogP contribution in [0.2, 0.25) is 0 Å². The molecule has 0 unspecified atom stereocenters. The highest BCUT2D eigenvalue weighted by molar-refractivity contribution is 7.92. The molecule has 4 rings (SSSR count). The predicted octanol–water partition coefficient (Wildman–Crippen LogP) is 3.55. The van der Waals surface area contributed by atoms with E-state index in [1.165, 1.54) is 39.5 Å². The van der Waals surface area contributed by atoms with E-state index in [4.69, 9.17) is 14.2 Å². The van der Waals surface area contributed by atoms with Crippen LogP contribution in [-0.4, -0.2) is 42.2 Å². The van der Waals surface area contributed by atoms with Gasteiger partial charge in [0.1, 0.15) is 0 Å². The monoisotopic (exact) mass is 460 g/mol. The highest BCUT2D eigenvalue weighted by Gasteiger charge is 2.43.